The van der Waals surface area contributed by atoms with Crippen LogP contribution in [0, 0.1) is 0 Å². The molecule has 0 saturated carbocycles. The fourth-order valence-electron chi connectivity index (χ4n) is 2.48. The number of amides is 1. The van der Waals surface area contributed by atoms with E-state index in [-0.39, 0.29) is 12.1 Å². The quantitative estimate of drug-likeness (QED) is 0.735. The summed E-state index contributed by atoms with van der Waals surface area (Å²) in [4.78, 5) is 14.8. The number of alkyl halides is 1. The van der Waals surface area contributed by atoms with Crippen molar-refractivity contribution in [2.24, 2.45) is 0 Å². The second-order valence-electron chi connectivity index (χ2n) is 6.21. The molecule has 2 aliphatic rings. The van der Waals surface area contributed by atoms with Gasteiger partial charge in [0.1, 0.15) is 11.8 Å². The lowest BCUT2D eigenvalue weighted by Crippen LogP contribution is -2.41. The summed E-state index contributed by atoms with van der Waals surface area (Å²) in [6, 6.07) is 0.131. The van der Waals surface area contributed by atoms with E-state index in [9.17, 15) is 9.18 Å². The molecule has 1 heterocycles. The number of halogens is 1. The monoisotopic (exact) mass is 287 g/mol. The molecule has 0 fully saturated rings. The van der Waals surface area contributed by atoms with Gasteiger partial charge >= 0.3 is 6.09 Å². The van der Waals surface area contributed by atoms with Crippen molar-refractivity contribution in [2.45, 2.75) is 57.8 Å². The largest absolute Gasteiger partial charge is 0.444 e. The van der Waals surface area contributed by atoms with E-state index in [0.29, 0.717) is 5.75 Å². The van der Waals surface area contributed by atoms with E-state index in [1.807, 2.05) is 20.8 Å². The number of rotatable bonds is 1. The molecule has 2 unspecified atom stereocenters. The van der Waals surface area contributed by atoms with Crippen molar-refractivity contribution in [2.75, 3.05) is 12.8 Å². The van der Waals surface area contributed by atoms with Gasteiger partial charge in [0.15, 0.2) is 0 Å². The van der Waals surface area contributed by atoms with Gasteiger partial charge in [-0.05, 0) is 50.5 Å². The highest BCUT2D eigenvalue weighted by Crippen LogP contribution is 2.43. The smallest absolute Gasteiger partial charge is 0.410 e. The Hall–Kier alpha value is -0.710. The lowest BCUT2D eigenvalue weighted by atomic mass is 9.92. The molecule has 1 aliphatic heterocycles. The van der Waals surface area contributed by atoms with Crippen molar-refractivity contribution >= 4 is 17.9 Å². The maximum atomic E-state index is 13.6. The summed E-state index contributed by atoms with van der Waals surface area (Å²) < 4.78 is 19.0. The molecule has 0 saturated heterocycles. The molecule has 0 spiro atoms. The standard InChI is InChI=1S/C14H22FNO2S/c1-14(2,3)18-13(17)16(4)9-5-6-10-11(15)8-19-12(10)7-9/h9,11H,5-8H2,1-4H3. The van der Waals surface area contributed by atoms with Gasteiger partial charge in [0.2, 0.25) is 0 Å². The van der Waals surface area contributed by atoms with E-state index < -0.39 is 11.8 Å². The summed E-state index contributed by atoms with van der Waals surface area (Å²) in [6.07, 6.45) is 1.31. The van der Waals surface area contributed by atoms with Crippen molar-refractivity contribution in [3.05, 3.63) is 10.5 Å². The highest BCUT2D eigenvalue weighted by atomic mass is 32.2. The Labute approximate surface area is 118 Å². The van der Waals surface area contributed by atoms with Crippen LogP contribution in [0.25, 0.3) is 0 Å². The highest BCUT2D eigenvalue weighted by Gasteiger charge is 2.34. The lowest BCUT2D eigenvalue weighted by molar-refractivity contribution is 0.0211. The maximum Gasteiger partial charge on any atom is 0.410 e. The van der Waals surface area contributed by atoms with Gasteiger partial charge in [0.05, 0.1) is 0 Å². The number of carbonyl (C=O) groups is 1. The molecule has 3 nitrogen and oxygen atoms in total. The predicted molar refractivity (Wildman–Crippen MR) is 76.0 cm³/mol. The summed E-state index contributed by atoms with van der Waals surface area (Å²) >= 11 is 1.61. The summed E-state index contributed by atoms with van der Waals surface area (Å²) in [7, 11) is 1.77. The van der Waals surface area contributed by atoms with E-state index in [0.717, 1.165) is 29.7 Å². The van der Waals surface area contributed by atoms with Crippen LogP contribution in [0.4, 0.5) is 9.18 Å². The predicted octanol–water partition coefficient (Wildman–Crippen LogP) is 3.74. The van der Waals surface area contributed by atoms with E-state index >= 15 is 0 Å². The minimum atomic E-state index is -0.771. The zero-order chi connectivity index (χ0) is 14.2. The van der Waals surface area contributed by atoms with Crippen molar-refractivity contribution in [1.29, 1.82) is 0 Å². The number of nitrogens with zero attached hydrogens (tertiary/aromatic N) is 1. The summed E-state index contributed by atoms with van der Waals surface area (Å²) in [5.41, 5.74) is 0.496. The Bertz CT molecular complexity index is 403. The molecule has 0 aromatic carbocycles. The number of hydrogen-bond donors (Lipinski definition) is 0. The summed E-state index contributed by atoms with van der Waals surface area (Å²) in [5, 5.41) is 0. The molecular weight excluding hydrogens is 265 g/mol. The Morgan fingerprint density at radius 1 is 1.47 bits per heavy atom. The first-order valence-electron chi connectivity index (χ1n) is 6.72. The number of ether oxygens (including phenoxy) is 1. The van der Waals surface area contributed by atoms with E-state index in [4.69, 9.17) is 4.74 Å². The lowest BCUT2D eigenvalue weighted by Gasteiger charge is -2.33. The third kappa shape index (κ3) is 3.44. The number of hydrogen-bond acceptors (Lipinski definition) is 3. The second-order valence-corrected chi connectivity index (χ2v) is 7.33. The van der Waals surface area contributed by atoms with Crippen LogP contribution < -0.4 is 0 Å². The van der Waals surface area contributed by atoms with Crippen LogP contribution >= 0.6 is 11.8 Å². The summed E-state index contributed by atoms with van der Waals surface area (Å²) in [6.45, 7) is 5.59. The molecule has 0 aromatic heterocycles. The van der Waals surface area contributed by atoms with Gasteiger partial charge in [0, 0.05) is 18.8 Å². The third-order valence-corrected chi connectivity index (χ3v) is 4.77. The van der Waals surface area contributed by atoms with Gasteiger partial charge in [0.25, 0.3) is 0 Å². The van der Waals surface area contributed by atoms with Gasteiger partial charge in [-0.1, -0.05) is 0 Å². The van der Waals surface area contributed by atoms with Crippen molar-refractivity contribution in [1.82, 2.24) is 4.90 Å². The van der Waals surface area contributed by atoms with Gasteiger partial charge in [-0.25, -0.2) is 9.18 Å². The van der Waals surface area contributed by atoms with Crippen LogP contribution in [0.3, 0.4) is 0 Å². The topological polar surface area (TPSA) is 29.5 Å². The van der Waals surface area contributed by atoms with Crippen LogP contribution in [-0.4, -0.2) is 41.6 Å². The Balaban J connectivity index is 1.97. The van der Waals surface area contributed by atoms with Crippen LogP contribution in [0.5, 0.6) is 0 Å². The van der Waals surface area contributed by atoms with Gasteiger partial charge in [-0.15, -0.1) is 11.8 Å². The van der Waals surface area contributed by atoms with Gasteiger partial charge in [-0.2, -0.15) is 0 Å². The van der Waals surface area contributed by atoms with Crippen molar-refractivity contribution in [3.63, 3.8) is 0 Å². The maximum absolute atomic E-state index is 13.6. The molecule has 0 radical (unpaired) electrons. The molecule has 2 rings (SSSR count). The Kier molecular flexibility index (Phi) is 4.14. The first-order valence-corrected chi connectivity index (χ1v) is 7.71. The van der Waals surface area contributed by atoms with E-state index in [2.05, 4.69) is 0 Å². The van der Waals surface area contributed by atoms with Crippen LogP contribution in [-0.2, 0) is 4.74 Å². The molecule has 0 N–H and O–H groups in total. The molecule has 1 aliphatic carbocycles. The SMILES string of the molecule is CN(C(=O)OC(C)(C)C)C1CCC2=C(C1)SCC2F. The Morgan fingerprint density at radius 3 is 2.79 bits per heavy atom. The zero-order valence-electron chi connectivity index (χ0n) is 12.0. The first-order chi connectivity index (χ1) is 8.78. The van der Waals surface area contributed by atoms with Crippen LogP contribution in [0.1, 0.15) is 40.0 Å². The molecule has 0 bridgehead atoms. The summed E-state index contributed by atoms with van der Waals surface area (Å²) in [5.74, 6) is 0.549. The minimum Gasteiger partial charge on any atom is -0.444 e. The first kappa shape index (κ1) is 14.7. The molecule has 19 heavy (non-hydrogen) atoms. The molecular formula is C14H22FNO2S. The molecule has 1 amide bonds. The van der Waals surface area contributed by atoms with E-state index in [1.165, 1.54) is 0 Å². The fourth-order valence-corrected chi connectivity index (χ4v) is 3.75. The van der Waals surface area contributed by atoms with Crippen LogP contribution in [0.2, 0.25) is 0 Å². The van der Waals surface area contributed by atoms with Crippen molar-refractivity contribution < 1.29 is 13.9 Å². The Morgan fingerprint density at radius 2 is 2.16 bits per heavy atom. The molecule has 2 atom stereocenters. The fraction of sp³-hybridized carbons (Fsp3) is 0.786. The molecule has 108 valence electrons. The normalized spacial score (nSPS) is 27.2. The molecule has 0 aromatic rings. The highest BCUT2D eigenvalue weighted by molar-refractivity contribution is 8.03. The zero-order valence-corrected chi connectivity index (χ0v) is 12.8. The van der Waals surface area contributed by atoms with E-state index in [1.54, 1.807) is 23.7 Å². The third-order valence-electron chi connectivity index (χ3n) is 3.54. The van der Waals surface area contributed by atoms with Gasteiger partial charge in [-0.3, -0.25) is 0 Å². The second kappa shape index (κ2) is 5.35. The van der Waals surface area contributed by atoms with Crippen LogP contribution in [0.15, 0.2) is 10.5 Å². The van der Waals surface area contributed by atoms with Gasteiger partial charge < -0.3 is 9.64 Å². The molecule has 5 heteroatoms. The average Bonchev–Trinajstić information content (AvgIpc) is 2.67. The minimum absolute atomic E-state index is 0.131. The average molecular weight is 287 g/mol. The number of allylic oxidation sites excluding steroid dienone is 1. The number of carbonyl (C=O) groups excluding carboxylic acids is 1. The van der Waals surface area contributed by atoms with Crippen molar-refractivity contribution in [3.8, 4) is 0 Å². The number of thioether (sulfide) groups is 1.